The number of thioether (sulfide) groups is 1. The van der Waals surface area contributed by atoms with Gasteiger partial charge in [0.15, 0.2) is 0 Å². The summed E-state index contributed by atoms with van der Waals surface area (Å²) in [5.41, 5.74) is -0.590. The summed E-state index contributed by atoms with van der Waals surface area (Å²) >= 11 is 6.44. The van der Waals surface area contributed by atoms with Gasteiger partial charge in [0.2, 0.25) is 5.75 Å². The summed E-state index contributed by atoms with van der Waals surface area (Å²) in [6.45, 7) is 3.51. The minimum Gasteiger partial charge on any atom is -0.502 e. The molecule has 0 atom stereocenters. The number of nitrogens with zero attached hydrogens (tertiary/aromatic N) is 2. The Labute approximate surface area is 134 Å². The first kappa shape index (κ1) is 16.1. The fourth-order valence-corrected chi connectivity index (χ4v) is 2.84. The van der Waals surface area contributed by atoms with E-state index in [-0.39, 0.29) is 22.0 Å². The maximum absolute atomic E-state index is 12.0. The van der Waals surface area contributed by atoms with E-state index in [0.717, 1.165) is 11.0 Å². The number of nitro benzene ring substituents is 1. The molecule has 0 spiro atoms. The molecule has 2 rings (SSSR count). The Morgan fingerprint density at radius 2 is 2.14 bits per heavy atom. The number of hydrogen-bond acceptors (Lipinski definition) is 6. The lowest BCUT2D eigenvalue weighted by molar-refractivity contribution is -0.385. The number of benzene rings is 1. The second-order valence-electron chi connectivity index (χ2n) is 4.20. The largest absolute Gasteiger partial charge is 0.502 e. The lowest BCUT2D eigenvalue weighted by Crippen LogP contribution is -2.27. The van der Waals surface area contributed by atoms with Crippen LogP contribution in [0.5, 0.6) is 5.75 Å². The number of rotatable bonds is 4. The lowest BCUT2D eigenvalue weighted by atomic mass is 10.1. The Balaban J connectivity index is 2.46. The van der Waals surface area contributed by atoms with Gasteiger partial charge in [-0.25, -0.2) is 0 Å². The number of nitro groups is 1. The van der Waals surface area contributed by atoms with E-state index >= 15 is 0 Å². The van der Waals surface area contributed by atoms with Crippen LogP contribution in [0.1, 0.15) is 5.56 Å². The molecule has 7 nitrogen and oxygen atoms in total. The van der Waals surface area contributed by atoms with Crippen molar-refractivity contribution in [2.45, 2.75) is 0 Å². The Bertz CT molecular complexity index is 731. The molecule has 1 aliphatic rings. The third-order valence-corrected chi connectivity index (χ3v) is 3.88. The van der Waals surface area contributed by atoms with Gasteiger partial charge in [-0.1, -0.05) is 17.7 Å². The van der Waals surface area contributed by atoms with Gasteiger partial charge in [-0.2, -0.15) is 0 Å². The van der Waals surface area contributed by atoms with Crippen LogP contribution in [0.15, 0.2) is 29.7 Å². The van der Waals surface area contributed by atoms with Gasteiger partial charge < -0.3 is 5.11 Å². The highest BCUT2D eigenvalue weighted by Gasteiger charge is 2.34. The third kappa shape index (κ3) is 2.97. The average Bonchev–Trinajstić information content (AvgIpc) is 2.70. The number of carbonyl (C=O) groups is 2. The summed E-state index contributed by atoms with van der Waals surface area (Å²) in [6, 6.07) is 2.27. The normalized spacial score (nSPS) is 16.4. The van der Waals surface area contributed by atoms with Crippen molar-refractivity contribution in [3.05, 3.63) is 50.4 Å². The summed E-state index contributed by atoms with van der Waals surface area (Å²) < 4.78 is 0. The molecule has 2 amide bonds. The van der Waals surface area contributed by atoms with Crippen molar-refractivity contribution in [2.24, 2.45) is 0 Å². The number of amides is 2. The second kappa shape index (κ2) is 6.20. The lowest BCUT2D eigenvalue weighted by Gasteiger charge is -2.07. The van der Waals surface area contributed by atoms with Crippen molar-refractivity contribution in [3.63, 3.8) is 0 Å². The molecule has 1 aliphatic heterocycles. The van der Waals surface area contributed by atoms with E-state index < -0.39 is 27.5 Å². The fraction of sp³-hybridized carbons (Fsp3) is 0.0769. The number of aromatic hydroxyl groups is 1. The zero-order valence-corrected chi connectivity index (χ0v) is 12.6. The second-order valence-corrected chi connectivity index (χ2v) is 5.63. The zero-order chi connectivity index (χ0) is 16.4. The summed E-state index contributed by atoms with van der Waals surface area (Å²) in [7, 11) is 0. The van der Waals surface area contributed by atoms with Gasteiger partial charge in [-0.15, -0.1) is 6.58 Å². The molecule has 0 aromatic heterocycles. The summed E-state index contributed by atoms with van der Waals surface area (Å²) in [6.07, 6.45) is 2.60. The first-order chi connectivity index (χ1) is 10.3. The van der Waals surface area contributed by atoms with Crippen LogP contribution in [-0.2, 0) is 4.79 Å². The van der Waals surface area contributed by atoms with Crippen molar-refractivity contribution < 1.29 is 19.6 Å². The van der Waals surface area contributed by atoms with Crippen LogP contribution >= 0.6 is 23.4 Å². The topological polar surface area (TPSA) is 101 Å². The summed E-state index contributed by atoms with van der Waals surface area (Å²) in [5, 5.41) is 20.3. The number of phenolic OH excluding ortho intramolecular Hbond substituents is 1. The highest BCUT2D eigenvalue weighted by atomic mass is 35.5. The molecular weight excluding hydrogens is 332 g/mol. The monoisotopic (exact) mass is 340 g/mol. The number of halogens is 1. The van der Waals surface area contributed by atoms with Crippen LogP contribution in [0.25, 0.3) is 6.08 Å². The first-order valence-corrected chi connectivity index (χ1v) is 7.07. The maximum atomic E-state index is 12.0. The predicted octanol–water partition coefficient (Wildman–Crippen LogP) is 3.18. The van der Waals surface area contributed by atoms with Gasteiger partial charge in [0.05, 0.1) is 9.83 Å². The molecule has 114 valence electrons. The highest BCUT2D eigenvalue weighted by Crippen LogP contribution is 2.38. The van der Waals surface area contributed by atoms with Crippen molar-refractivity contribution in [2.75, 3.05) is 6.54 Å². The van der Waals surface area contributed by atoms with Crippen LogP contribution in [-0.4, -0.2) is 32.6 Å². The molecule has 0 radical (unpaired) electrons. The van der Waals surface area contributed by atoms with Crippen LogP contribution < -0.4 is 0 Å². The Morgan fingerprint density at radius 3 is 2.73 bits per heavy atom. The Hall–Kier alpha value is -2.32. The molecule has 1 N–H and O–H groups in total. The van der Waals surface area contributed by atoms with E-state index in [2.05, 4.69) is 6.58 Å². The average molecular weight is 341 g/mol. The number of imide groups is 1. The van der Waals surface area contributed by atoms with Crippen molar-refractivity contribution in [1.82, 2.24) is 4.90 Å². The van der Waals surface area contributed by atoms with Gasteiger partial charge in [0.25, 0.3) is 11.1 Å². The molecular formula is C13H9ClN2O5S. The molecule has 1 aromatic rings. The van der Waals surface area contributed by atoms with E-state index in [9.17, 15) is 24.8 Å². The van der Waals surface area contributed by atoms with Crippen molar-refractivity contribution in [1.29, 1.82) is 0 Å². The first-order valence-electron chi connectivity index (χ1n) is 5.88. The summed E-state index contributed by atoms with van der Waals surface area (Å²) in [4.78, 5) is 34.8. The minimum atomic E-state index is -0.790. The van der Waals surface area contributed by atoms with E-state index in [1.165, 1.54) is 18.2 Å². The number of carbonyl (C=O) groups excluding carboxylic acids is 2. The smallest absolute Gasteiger partial charge is 0.312 e. The van der Waals surface area contributed by atoms with E-state index in [1.807, 2.05) is 0 Å². The van der Waals surface area contributed by atoms with E-state index in [1.54, 1.807) is 0 Å². The molecule has 1 saturated heterocycles. The predicted molar refractivity (Wildman–Crippen MR) is 82.6 cm³/mol. The highest BCUT2D eigenvalue weighted by molar-refractivity contribution is 8.18. The molecule has 1 fully saturated rings. The molecule has 0 bridgehead atoms. The fourth-order valence-electron chi connectivity index (χ4n) is 1.78. The van der Waals surface area contributed by atoms with Gasteiger partial charge in [-0.3, -0.25) is 24.6 Å². The van der Waals surface area contributed by atoms with Crippen LogP contribution in [0.4, 0.5) is 10.5 Å². The molecule has 9 heteroatoms. The minimum absolute atomic E-state index is 0.0108. The zero-order valence-electron chi connectivity index (χ0n) is 11.0. The Kier molecular flexibility index (Phi) is 4.53. The van der Waals surface area contributed by atoms with Gasteiger partial charge in [0, 0.05) is 23.2 Å². The SMILES string of the molecule is C=CCN1C(=O)S/C(=C/c2cc(Cl)cc([N+](=O)[O-])c2O)C1=O. The third-order valence-electron chi connectivity index (χ3n) is 2.75. The molecule has 0 aliphatic carbocycles. The molecule has 1 heterocycles. The van der Waals surface area contributed by atoms with Crippen molar-refractivity contribution >= 4 is 46.3 Å². The van der Waals surface area contributed by atoms with Crippen molar-refractivity contribution in [3.8, 4) is 5.75 Å². The molecule has 0 unspecified atom stereocenters. The molecule has 22 heavy (non-hydrogen) atoms. The van der Waals surface area contributed by atoms with E-state index in [4.69, 9.17) is 11.6 Å². The van der Waals surface area contributed by atoms with Gasteiger partial charge >= 0.3 is 5.69 Å². The van der Waals surface area contributed by atoms with Crippen LogP contribution in [0, 0.1) is 10.1 Å². The summed E-state index contributed by atoms with van der Waals surface area (Å²) in [5.74, 6) is -1.18. The van der Waals surface area contributed by atoms with Gasteiger partial charge in [-0.05, 0) is 23.9 Å². The molecule has 0 saturated carbocycles. The van der Waals surface area contributed by atoms with Gasteiger partial charge in [0.1, 0.15) is 0 Å². The van der Waals surface area contributed by atoms with Crippen LogP contribution in [0.3, 0.4) is 0 Å². The number of hydrogen-bond donors (Lipinski definition) is 1. The number of phenols is 1. The molecule has 1 aromatic carbocycles. The quantitative estimate of drug-likeness (QED) is 0.391. The van der Waals surface area contributed by atoms with E-state index in [0.29, 0.717) is 11.8 Å². The Morgan fingerprint density at radius 1 is 1.45 bits per heavy atom. The maximum Gasteiger partial charge on any atom is 0.312 e. The standard InChI is InChI=1S/C13H9ClN2O5S/c1-2-3-15-12(18)10(22-13(15)19)5-7-4-8(14)6-9(11(7)17)16(20)21/h2,4-6,17H,1,3H2/b10-5+. The van der Waals surface area contributed by atoms with Crippen LogP contribution in [0.2, 0.25) is 5.02 Å².